The molecular formula is C24H26N4O2. The van der Waals surface area contributed by atoms with Gasteiger partial charge in [-0.15, -0.1) is 0 Å². The SMILES string of the molecule is Cc1ccc(-n2c(C)cc(/C=N\NC(=O)C(=O)NCc3ccccc3)c2C)cc1C. The topological polar surface area (TPSA) is 75.5 Å². The molecule has 0 saturated carbocycles. The van der Waals surface area contributed by atoms with Gasteiger partial charge >= 0.3 is 11.8 Å². The molecule has 3 rings (SSSR count). The van der Waals surface area contributed by atoms with E-state index in [1.807, 2.05) is 50.2 Å². The van der Waals surface area contributed by atoms with E-state index in [2.05, 4.69) is 52.5 Å². The van der Waals surface area contributed by atoms with Gasteiger partial charge in [0.05, 0.1) is 6.21 Å². The van der Waals surface area contributed by atoms with Crippen LogP contribution in [0.5, 0.6) is 0 Å². The number of hydrazone groups is 1. The number of rotatable bonds is 5. The van der Waals surface area contributed by atoms with Crippen molar-refractivity contribution in [3.8, 4) is 5.69 Å². The molecule has 0 fully saturated rings. The minimum absolute atomic E-state index is 0.286. The lowest BCUT2D eigenvalue weighted by Crippen LogP contribution is -2.37. The fourth-order valence-corrected chi connectivity index (χ4v) is 3.25. The number of carbonyl (C=O) groups excluding carboxylic acids is 2. The average Bonchev–Trinajstić information content (AvgIpc) is 3.02. The third-order valence-electron chi connectivity index (χ3n) is 5.09. The second-order valence-corrected chi connectivity index (χ2v) is 7.30. The van der Waals surface area contributed by atoms with Gasteiger partial charge in [-0.3, -0.25) is 9.59 Å². The molecule has 1 heterocycles. The van der Waals surface area contributed by atoms with E-state index in [4.69, 9.17) is 0 Å². The van der Waals surface area contributed by atoms with Crippen molar-refractivity contribution in [1.29, 1.82) is 0 Å². The number of nitrogens with one attached hydrogen (secondary N) is 2. The third kappa shape index (κ3) is 4.84. The molecule has 0 bridgehead atoms. The van der Waals surface area contributed by atoms with Crippen LogP contribution in [0.3, 0.4) is 0 Å². The van der Waals surface area contributed by atoms with Crippen molar-refractivity contribution in [2.24, 2.45) is 5.10 Å². The van der Waals surface area contributed by atoms with E-state index in [1.54, 1.807) is 6.21 Å². The number of nitrogens with zero attached hydrogens (tertiary/aromatic N) is 2. The zero-order chi connectivity index (χ0) is 21.7. The fourth-order valence-electron chi connectivity index (χ4n) is 3.25. The molecule has 0 saturated heterocycles. The van der Waals surface area contributed by atoms with Gasteiger partial charge in [0.25, 0.3) is 0 Å². The maximum atomic E-state index is 12.0. The number of amides is 2. The largest absolute Gasteiger partial charge is 0.344 e. The van der Waals surface area contributed by atoms with Crippen LogP contribution < -0.4 is 10.7 Å². The van der Waals surface area contributed by atoms with Crippen molar-refractivity contribution in [2.45, 2.75) is 34.2 Å². The molecule has 0 aliphatic carbocycles. The number of carbonyl (C=O) groups is 2. The highest BCUT2D eigenvalue weighted by molar-refractivity contribution is 6.35. The number of hydrogen-bond donors (Lipinski definition) is 2. The maximum absolute atomic E-state index is 12.0. The van der Waals surface area contributed by atoms with Gasteiger partial charge in [0.1, 0.15) is 0 Å². The number of hydrogen-bond acceptors (Lipinski definition) is 3. The standard InChI is InChI=1S/C24H26N4O2/c1-16-10-11-22(12-17(16)2)28-18(3)13-21(19(28)4)15-26-27-24(30)23(29)25-14-20-8-6-5-7-9-20/h5-13,15H,14H2,1-4H3,(H,25,29)(H,27,30)/b26-15-. The Labute approximate surface area is 176 Å². The molecule has 2 amide bonds. The normalized spacial score (nSPS) is 10.9. The molecule has 0 atom stereocenters. The highest BCUT2D eigenvalue weighted by Gasteiger charge is 2.13. The van der Waals surface area contributed by atoms with Gasteiger partial charge in [0.15, 0.2) is 0 Å². The summed E-state index contributed by atoms with van der Waals surface area (Å²) in [6.07, 6.45) is 1.56. The van der Waals surface area contributed by atoms with Crippen LogP contribution in [-0.4, -0.2) is 22.6 Å². The molecule has 0 unspecified atom stereocenters. The summed E-state index contributed by atoms with van der Waals surface area (Å²) in [7, 11) is 0. The first-order valence-corrected chi connectivity index (χ1v) is 9.78. The lowest BCUT2D eigenvalue weighted by molar-refractivity contribution is -0.139. The highest BCUT2D eigenvalue weighted by Crippen LogP contribution is 2.21. The van der Waals surface area contributed by atoms with Gasteiger partial charge < -0.3 is 9.88 Å². The summed E-state index contributed by atoms with van der Waals surface area (Å²) < 4.78 is 2.14. The average molecular weight is 402 g/mol. The van der Waals surface area contributed by atoms with E-state index < -0.39 is 11.8 Å². The Kier molecular flexibility index (Phi) is 6.47. The summed E-state index contributed by atoms with van der Waals surface area (Å²) in [5, 5.41) is 6.53. The first kappa shape index (κ1) is 21.0. The molecule has 1 aromatic heterocycles. The number of benzene rings is 2. The fraction of sp³-hybridized carbons (Fsp3) is 0.208. The van der Waals surface area contributed by atoms with Crippen LogP contribution >= 0.6 is 0 Å². The smallest absolute Gasteiger partial charge is 0.329 e. The molecule has 6 nitrogen and oxygen atoms in total. The number of aryl methyl sites for hydroxylation is 3. The van der Waals surface area contributed by atoms with Crippen molar-refractivity contribution in [2.75, 3.05) is 0 Å². The molecular weight excluding hydrogens is 376 g/mol. The van der Waals surface area contributed by atoms with Crippen LogP contribution in [0.2, 0.25) is 0 Å². The van der Waals surface area contributed by atoms with Gasteiger partial charge in [-0.1, -0.05) is 36.4 Å². The summed E-state index contributed by atoms with van der Waals surface area (Å²) in [5.74, 6) is -1.53. The monoisotopic (exact) mass is 402 g/mol. The van der Waals surface area contributed by atoms with E-state index in [0.29, 0.717) is 0 Å². The van der Waals surface area contributed by atoms with Gasteiger partial charge in [-0.05, 0) is 62.6 Å². The Balaban J connectivity index is 1.64. The predicted molar refractivity (Wildman–Crippen MR) is 119 cm³/mol. The van der Waals surface area contributed by atoms with Crippen LogP contribution in [-0.2, 0) is 16.1 Å². The first-order valence-electron chi connectivity index (χ1n) is 9.78. The zero-order valence-electron chi connectivity index (χ0n) is 17.7. The molecule has 2 aromatic carbocycles. The van der Waals surface area contributed by atoms with Gasteiger partial charge in [0, 0.05) is 29.2 Å². The first-order chi connectivity index (χ1) is 14.4. The minimum Gasteiger partial charge on any atom is -0.344 e. The Morgan fingerprint density at radius 3 is 2.37 bits per heavy atom. The third-order valence-corrected chi connectivity index (χ3v) is 5.09. The second-order valence-electron chi connectivity index (χ2n) is 7.30. The summed E-state index contributed by atoms with van der Waals surface area (Å²) in [6, 6.07) is 17.7. The van der Waals surface area contributed by atoms with Crippen LogP contribution in [0.25, 0.3) is 5.69 Å². The molecule has 154 valence electrons. The van der Waals surface area contributed by atoms with Crippen molar-refractivity contribution in [3.63, 3.8) is 0 Å². The molecule has 30 heavy (non-hydrogen) atoms. The molecule has 0 aliphatic rings. The zero-order valence-corrected chi connectivity index (χ0v) is 17.7. The van der Waals surface area contributed by atoms with Crippen LogP contribution in [0.1, 0.15) is 33.6 Å². The summed E-state index contributed by atoms with van der Waals surface area (Å²) in [4.78, 5) is 23.9. The van der Waals surface area contributed by atoms with Gasteiger partial charge in [-0.2, -0.15) is 5.10 Å². The Morgan fingerprint density at radius 1 is 0.933 bits per heavy atom. The molecule has 0 aliphatic heterocycles. The maximum Gasteiger partial charge on any atom is 0.329 e. The van der Waals surface area contributed by atoms with Crippen molar-refractivity contribution in [1.82, 2.24) is 15.3 Å². The van der Waals surface area contributed by atoms with E-state index >= 15 is 0 Å². The molecule has 6 heteroatoms. The van der Waals surface area contributed by atoms with E-state index in [0.717, 1.165) is 28.2 Å². The van der Waals surface area contributed by atoms with E-state index in [1.165, 1.54) is 11.1 Å². The lowest BCUT2D eigenvalue weighted by atomic mass is 10.1. The molecule has 0 radical (unpaired) electrons. The highest BCUT2D eigenvalue weighted by atomic mass is 16.2. The van der Waals surface area contributed by atoms with Gasteiger partial charge in [0.2, 0.25) is 0 Å². The van der Waals surface area contributed by atoms with Crippen molar-refractivity contribution < 1.29 is 9.59 Å². The van der Waals surface area contributed by atoms with E-state index in [9.17, 15) is 9.59 Å². The minimum atomic E-state index is -0.801. The van der Waals surface area contributed by atoms with Crippen LogP contribution in [0.4, 0.5) is 0 Å². The molecule has 3 aromatic rings. The Bertz CT molecular complexity index is 1100. The summed E-state index contributed by atoms with van der Waals surface area (Å²) in [6.45, 7) is 8.49. The van der Waals surface area contributed by atoms with Crippen LogP contribution in [0.15, 0.2) is 59.7 Å². The lowest BCUT2D eigenvalue weighted by Gasteiger charge is -2.11. The van der Waals surface area contributed by atoms with E-state index in [-0.39, 0.29) is 6.54 Å². The summed E-state index contributed by atoms with van der Waals surface area (Å²) >= 11 is 0. The summed E-state index contributed by atoms with van der Waals surface area (Å²) in [5.41, 5.74) is 9.69. The molecule has 2 N–H and O–H groups in total. The Hall–Kier alpha value is -3.67. The van der Waals surface area contributed by atoms with Gasteiger partial charge in [-0.25, -0.2) is 5.43 Å². The Morgan fingerprint density at radius 2 is 1.67 bits per heavy atom. The van der Waals surface area contributed by atoms with Crippen molar-refractivity contribution >= 4 is 18.0 Å². The van der Waals surface area contributed by atoms with Crippen molar-refractivity contribution in [3.05, 3.63) is 88.2 Å². The molecule has 0 spiro atoms. The van der Waals surface area contributed by atoms with Crippen LogP contribution in [0, 0.1) is 27.7 Å². The second kappa shape index (κ2) is 9.22. The predicted octanol–water partition coefficient (Wildman–Crippen LogP) is 3.48. The quantitative estimate of drug-likeness (QED) is 0.389. The number of aromatic nitrogens is 1.